The first kappa shape index (κ1) is 18.0. The van der Waals surface area contributed by atoms with Gasteiger partial charge in [0.2, 0.25) is 0 Å². The first-order valence-electron chi connectivity index (χ1n) is 7.14. The Kier molecular flexibility index (Phi) is 5.26. The summed E-state index contributed by atoms with van der Waals surface area (Å²) in [5.74, 6) is -1.72. The zero-order valence-electron chi connectivity index (χ0n) is 13.5. The second kappa shape index (κ2) is 7.02. The summed E-state index contributed by atoms with van der Waals surface area (Å²) in [7, 11) is 1.37. The van der Waals surface area contributed by atoms with Crippen LogP contribution in [-0.2, 0) is 9.53 Å². The SMILES string of the molecule is COCC(C)(NC(=O)c1cnn(-c2cccc(Cl)c2)c1C)C(=O)O. The van der Waals surface area contributed by atoms with Gasteiger partial charge in [-0.1, -0.05) is 17.7 Å². The highest BCUT2D eigenvalue weighted by atomic mass is 35.5. The molecule has 128 valence electrons. The van der Waals surface area contributed by atoms with Crippen molar-refractivity contribution in [2.75, 3.05) is 13.7 Å². The molecule has 0 aliphatic carbocycles. The lowest BCUT2D eigenvalue weighted by Gasteiger charge is -2.25. The van der Waals surface area contributed by atoms with Crippen LogP contribution in [0.15, 0.2) is 30.5 Å². The minimum absolute atomic E-state index is 0.157. The van der Waals surface area contributed by atoms with Crippen molar-refractivity contribution in [3.05, 3.63) is 46.7 Å². The molecular weight excluding hydrogens is 334 g/mol. The van der Waals surface area contributed by atoms with E-state index in [-0.39, 0.29) is 12.2 Å². The average Bonchev–Trinajstić information content (AvgIpc) is 2.89. The molecule has 0 spiro atoms. The van der Waals surface area contributed by atoms with Gasteiger partial charge in [-0.05, 0) is 32.0 Å². The molecule has 0 saturated heterocycles. The molecule has 0 aliphatic heterocycles. The van der Waals surface area contributed by atoms with Gasteiger partial charge in [-0.15, -0.1) is 0 Å². The molecular formula is C16H18ClN3O4. The first-order valence-corrected chi connectivity index (χ1v) is 7.51. The number of rotatable bonds is 6. The smallest absolute Gasteiger partial charge is 0.331 e. The van der Waals surface area contributed by atoms with Crippen molar-refractivity contribution >= 4 is 23.5 Å². The molecule has 1 heterocycles. The third-order valence-corrected chi connectivity index (χ3v) is 3.84. The number of carboxylic acid groups (broad SMARTS) is 1. The fraction of sp³-hybridized carbons (Fsp3) is 0.312. The van der Waals surface area contributed by atoms with Gasteiger partial charge in [-0.25, -0.2) is 9.48 Å². The predicted molar refractivity (Wildman–Crippen MR) is 88.7 cm³/mol. The fourth-order valence-corrected chi connectivity index (χ4v) is 2.44. The van der Waals surface area contributed by atoms with E-state index in [1.54, 1.807) is 35.9 Å². The van der Waals surface area contributed by atoms with Crippen LogP contribution in [0.5, 0.6) is 0 Å². The highest BCUT2D eigenvalue weighted by Gasteiger charge is 2.36. The molecule has 0 radical (unpaired) electrons. The summed E-state index contributed by atoms with van der Waals surface area (Å²) < 4.78 is 6.46. The number of carbonyl (C=O) groups is 2. The van der Waals surface area contributed by atoms with Crippen molar-refractivity contribution in [3.63, 3.8) is 0 Å². The van der Waals surface area contributed by atoms with E-state index in [1.807, 2.05) is 0 Å². The van der Waals surface area contributed by atoms with Crippen molar-refractivity contribution in [2.45, 2.75) is 19.4 Å². The molecule has 1 amide bonds. The van der Waals surface area contributed by atoms with Crippen LogP contribution in [0.2, 0.25) is 5.02 Å². The number of carbonyl (C=O) groups excluding carboxylic acids is 1. The summed E-state index contributed by atoms with van der Waals surface area (Å²) in [5, 5.41) is 16.5. The second-order valence-electron chi connectivity index (χ2n) is 5.56. The zero-order chi connectivity index (χ0) is 17.9. The van der Waals surface area contributed by atoms with Gasteiger partial charge < -0.3 is 15.2 Å². The van der Waals surface area contributed by atoms with E-state index >= 15 is 0 Å². The fourth-order valence-electron chi connectivity index (χ4n) is 2.26. The van der Waals surface area contributed by atoms with Crippen molar-refractivity contribution in [2.24, 2.45) is 0 Å². The lowest BCUT2D eigenvalue weighted by molar-refractivity contribution is -0.145. The van der Waals surface area contributed by atoms with E-state index in [0.29, 0.717) is 16.4 Å². The number of benzene rings is 1. The number of aromatic nitrogens is 2. The minimum atomic E-state index is -1.53. The van der Waals surface area contributed by atoms with Crippen LogP contribution in [-0.4, -0.2) is 46.0 Å². The van der Waals surface area contributed by atoms with Gasteiger partial charge in [0.25, 0.3) is 5.91 Å². The maximum Gasteiger partial charge on any atom is 0.331 e. The van der Waals surface area contributed by atoms with Gasteiger partial charge in [0.05, 0.1) is 29.7 Å². The normalized spacial score (nSPS) is 13.3. The van der Waals surface area contributed by atoms with Crippen molar-refractivity contribution in [1.82, 2.24) is 15.1 Å². The van der Waals surface area contributed by atoms with E-state index in [0.717, 1.165) is 0 Å². The number of hydrogen-bond donors (Lipinski definition) is 2. The van der Waals surface area contributed by atoms with Crippen molar-refractivity contribution in [3.8, 4) is 5.69 Å². The molecule has 2 aromatic rings. The van der Waals surface area contributed by atoms with Crippen LogP contribution in [0.25, 0.3) is 5.69 Å². The molecule has 1 atom stereocenters. The Balaban J connectivity index is 2.30. The van der Waals surface area contributed by atoms with Gasteiger partial charge >= 0.3 is 5.97 Å². The quantitative estimate of drug-likeness (QED) is 0.830. The Morgan fingerprint density at radius 3 is 2.75 bits per heavy atom. The van der Waals surface area contributed by atoms with Crippen LogP contribution < -0.4 is 5.32 Å². The third-order valence-electron chi connectivity index (χ3n) is 3.60. The van der Waals surface area contributed by atoms with E-state index < -0.39 is 17.4 Å². The highest BCUT2D eigenvalue weighted by Crippen LogP contribution is 2.18. The van der Waals surface area contributed by atoms with Crippen molar-refractivity contribution in [1.29, 1.82) is 0 Å². The van der Waals surface area contributed by atoms with Crippen molar-refractivity contribution < 1.29 is 19.4 Å². The lowest BCUT2D eigenvalue weighted by Crippen LogP contribution is -2.55. The molecule has 8 heteroatoms. The number of hydrogen-bond acceptors (Lipinski definition) is 4. The summed E-state index contributed by atoms with van der Waals surface area (Å²) >= 11 is 5.97. The predicted octanol–water partition coefficient (Wildman–Crippen LogP) is 2.05. The third kappa shape index (κ3) is 3.58. The maximum absolute atomic E-state index is 12.5. The minimum Gasteiger partial charge on any atom is -0.479 e. The standard InChI is InChI=1S/C16H18ClN3O4/c1-10-13(14(21)19-16(2,9-24-3)15(22)23)8-18-20(10)12-6-4-5-11(17)7-12/h4-8H,9H2,1-3H3,(H,19,21)(H,22,23). The van der Waals surface area contributed by atoms with Crippen LogP contribution in [0, 0.1) is 6.92 Å². The van der Waals surface area contributed by atoms with Gasteiger partial charge in [-0.2, -0.15) is 5.10 Å². The monoisotopic (exact) mass is 351 g/mol. The summed E-state index contributed by atoms with van der Waals surface area (Å²) in [4.78, 5) is 23.9. The largest absolute Gasteiger partial charge is 0.479 e. The Hall–Kier alpha value is -2.38. The van der Waals surface area contributed by atoms with Gasteiger partial charge in [0.1, 0.15) is 0 Å². The Morgan fingerprint density at radius 1 is 1.46 bits per heavy atom. The number of aliphatic carboxylic acids is 1. The number of methoxy groups -OCH3 is 1. The Labute approximate surface area is 144 Å². The summed E-state index contributed by atoms with van der Waals surface area (Å²) in [5.41, 5.74) is 0.0200. The molecule has 0 saturated carbocycles. The summed E-state index contributed by atoms with van der Waals surface area (Å²) in [6.07, 6.45) is 1.39. The van der Waals surface area contributed by atoms with Crippen LogP contribution in [0.1, 0.15) is 23.0 Å². The van der Waals surface area contributed by atoms with E-state index in [2.05, 4.69) is 10.4 Å². The molecule has 24 heavy (non-hydrogen) atoms. The molecule has 1 aromatic heterocycles. The number of ether oxygens (including phenoxy) is 1. The molecule has 1 unspecified atom stereocenters. The molecule has 2 N–H and O–H groups in total. The summed E-state index contributed by atoms with van der Waals surface area (Å²) in [6.45, 7) is 2.94. The topological polar surface area (TPSA) is 93.5 Å². The number of nitrogens with one attached hydrogen (secondary N) is 1. The molecule has 2 rings (SSSR count). The number of nitrogens with zero attached hydrogens (tertiary/aromatic N) is 2. The summed E-state index contributed by atoms with van der Waals surface area (Å²) in [6, 6.07) is 7.04. The molecule has 0 bridgehead atoms. The van der Waals surface area contributed by atoms with Crippen LogP contribution in [0.3, 0.4) is 0 Å². The van der Waals surface area contributed by atoms with Crippen LogP contribution >= 0.6 is 11.6 Å². The Bertz CT molecular complexity index is 774. The van der Waals surface area contributed by atoms with Crippen LogP contribution in [0.4, 0.5) is 0 Å². The van der Waals surface area contributed by atoms with Gasteiger partial charge in [-0.3, -0.25) is 4.79 Å². The molecule has 0 aliphatic rings. The number of amides is 1. The maximum atomic E-state index is 12.5. The lowest BCUT2D eigenvalue weighted by atomic mass is 10.0. The highest BCUT2D eigenvalue weighted by molar-refractivity contribution is 6.30. The van der Waals surface area contributed by atoms with E-state index in [9.17, 15) is 14.7 Å². The van der Waals surface area contributed by atoms with Gasteiger partial charge in [0.15, 0.2) is 5.54 Å². The van der Waals surface area contributed by atoms with E-state index in [4.69, 9.17) is 16.3 Å². The van der Waals surface area contributed by atoms with E-state index in [1.165, 1.54) is 20.2 Å². The Morgan fingerprint density at radius 2 is 2.17 bits per heavy atom. The molecule has 1 aromatic carbocycles. The zero-order valence-corrected chi connectivity index (χ0v) is 14.3. The number of carboxylic acids is 1. The second-order valence-corrected chi connectivity index (χ2v) is 6.00. The molecule has 7 nitrogen and oxygen atoms in total. The molecule has 0 fully saturated rings. The number of halogens is 1. The average molecular weight is 352 g/mol. The first-order chi connectivity index (χ1) is 11.3. The van der Waals surface area contributed by atoms with Gasteiger partial charge in [0, 0.05) is 12.1 Å².